The standard InChI is InChI=1S/C11H24N2/c1-4-7-13(10-5-6-10)8-11(12)9(2)3/h9-11H,4-8,12H2,1-3H3. The Labute approximate surface area is 82.5 Å². The van der Waals surface area contributed by atoms with Gasteiger partial charge in [0.05, 0.1) is 0 Å². The first-order chi connectivity index (χ1) is 6.15. The summed E-state index contributed by atoms with van der Waals surface area (Å²) in [6.07, 6.45) is 4.04. The van der Waals surface area contributed by atoms with Gasteiger partial charge in [-0.1, -0.05) is 20.8 Å². The van der Waals surface area contributed by atoms with Crippen molar-refractivity contribution in [1.82, 2.24) is 4.90 Å². The van der Waals surface area contributed by atoms with E-state index in [1.54, 1.807) is 0 Å². The third kappa shape index (κ3) is 3.65. The van der Waals surface area contributed by atoms with Gasteiger partial charge in [-0.25, -0.2) is 0 Å². The van der Waals surface area contributed by atoms with Crippen LogP contribution >= 0.6 is 0 Å². The van der Waals surface area contributed by atoms with Gasteiger partial charge in [-0.05, 0) is 31.7 Å². The highest BCUT2D eigenvalue weighted by atomic mass is 15.2. The molecule has 2 heteroatoms. The molecule has 78 valence electrons. The predicted octanol–water partition coefficient (Wildman–Crippen LogP) is 1.84. The molecule has 2 nitrogen and oxygen atoms in total. The van der Waals surface area contributed by atoms with Crippen molar-refractivity contribution in [2.75, 3.05) is 13.1 Å². The maximum absolute atomic E-state index is 6.07. The topological polar surface area (TPSA) is 29.3 Å². The minimum atomic E-state index is 0.354. The van der Waals surface area contributed by atoms with E-state index in [4.69, 9.17) is 5.73 Å². The van der Waals surface area contributed by atoms with Crippen LogP contribution in [0.25, 0.3) is 0 Å². The van der Waals surface area contributed by atoms with Crippen LogP contribution in [-0.4, -0.2) is 30.1 Å². The average molecular weight is 184 g/mol. The number of rotatable bonds is 6. The summed E-state index contributed by atoms with van der Waals surface area (Å²) >= 11 is 0. The minimum Gasteiger partial charge on any atom is -0.326 e. The second-order valence-electron chi connectivity index (χ2n) is 4.63. The van der Waals surface area contributed by atoms with Crippen molar-refractivity contribution in [3.63, 3.8) is 0 Å². The highest BCUT2D eigenvalue weighted by Gasteiger charge is 2.29. The fourth-order valence-corrected chi connectivity index (χ4v) is 1.63. The van der Waals surface area contributed by atoms with Crippen LogP contribution in [0.5, 0.6) is 0 Å². The van der Waals surface area contributed by atoms with E-state index >= 15 is 0 Å². The van der Waals surface area contributed by atoms with Crippen LogP contribution in [0.3, 0.4) is 0 Å². The van der Waals surface area contributed by atoms with Crippen LogP contribution < -0.4 is 5.73 Å². The highest BCUT2D eigenvalue weighted by molar-refractivity contribution is 4.86. The van der Waals surface area contributed by atoms with Crippen molar-refractivity contribution in [3.05, 3.63) is 0 Å². The Morgan fingerprint density at radius 3 is 2.38 bits per heavy atom. The minimum absolute atomic E-state index is 0.354. The third-order valence-electron chi connectivity index (χ3n) is 2.88. The number of nitrogens with zero attached hydrogens (tertiary/aromatic N) is 1. The Balaban J connectivity index is 2.28. The van der Waals surface area contributed by atoms with E-state index in [-0.39, 0.29) is 0 Å². The van der Waals surface area contributed by atoms with Crippen LogP contribution in [-0.2, 0) is 0 Å². The summed E-state index contributed by atoms with van der Waals surface area (Å²) in [7, 11) is 0. The zero-order valence-corrected chi connectivity index (χ0v) is 9.29. The van der Waals surface area contributed by atoms with E-state index in [9.17, 15) is 0 Å². The molecule has 0 bridgehead atoms. The summed E-state index contributed by atoms with van der Waals surface area (Å²) in [4.78, 5) is 2.57. The van der Waals surface area contributed by atoms with Gasteiger partial charge in [-0.15, -0.1) is 0 Å². The van der Waals surface area contributed by atoms with Gasteiger partial charge < -0.3 is 5.73 Å². The van der Waals surface area contributed by atoms with Crippen molar-refractivity contribution >= 4 is 0 Å². The van der Waals surface area contributed by atoms with Gasteiger partial charge in [-0.3, -0.25) is 4.90 Å². The molecule has 1 aliphatic rings. The van der Waals surface area contributed by atoms with Crippen molar-refractivity contribution in [2.45, 2.75) is 52.1 Å². The van der Waals surface area contributed by atoms with Crippen LogP contribution in [0.2, 0.25) is 0 Å². The number of hydrogen-bond donors (Lipinski definition) is 1. The molecule has 1 saturated carbocycles. The van der Waals surface area contributed by atoms with Crippen LogP contribution in [0.1, 0.15) is 40.0 Å². The van der Waals surface area contributed by atoms with Gasteiger partial charge in [0.25, 0.3) is 0 Å². The summed E-state index contributed by atoms with van der Waals surface area (Å²) in [5.74, 6) is 0.609. The van der Waals surface area contributed by atoms with Crippen molar-refractivity contribution in [2.24, 2.45) is 11.7 Å². The average Bonchev–Trinajstić information content (AvgIpc) is 2.85. The maximum atomic E-state index is 6.07. The van der Waals surface area contributed by atoms with E-state index in [2.05, 4.69) is 25.7 Å². The van der Waals surface area contributed by atoms with Gasteiger partial charge in [0.15, 0.2) is 0 Å². The van der Waals surface area contributed by atoms with Gasteiger partial charge in [0.1, 0.15) is 0 Å². The summed E-state index contributed by atoms with van der Waals surface area (Å²) in [5.41, 5.74) is 6.07. The molecule has 0 spiro atoms. The molecule has 0 aromatic carbocycles. The van der Waals surface area contributed by atoms with E-state index < -0.39 is 0 Å². The smallest absolute Gasteiger partial charge is 0.0191 e. The first-order valence-corrected chi connectivity index (χ1v) is 5.64. The molecular weight excluding hydrogens is 160 g/mol. The quantitative estimate of drug-likeness (QED) is 0.682. The van der Waals surface area contributed by atoms with Crippen molar-refractivity contribution in [3.8, 4) is 0 Å². The Morgan fingerprint density at radius 1 is 1.38 bits per heavy atom. The highest BCUT2D eigenvalue weighted by Crippen LogP contribution is 2.27. The lowest BCUT2D eigenvalue weighted by Gasteiger charge is -2.26. The molecule has 0 aromatic rings. The normalized spacial score (nSPS) is 19.8. The van der Waals surface area contributed by atoms with E-state index in [0.717, 1.165) is 12.6 Å². The molecule has 0 aliphatic heterocycles. The zero-order valence-electron chi connectivity index (χ0n) is 9.29. The summed E-state index contributed by atoms with van der Waals surface area (Å²) in [6, 6.07) is 1.22. The monoisotopic (exact) mass is 184 g/mol. The van der Waals surface area contributed by atoms with E-state index in [1.807, 2.05) is 0 Å². The second kappa shape index (κ2) is 4.97. The Bertz CT molecular complexity index is 141. The SMILES string of the molecule is CCCN(CC(N)C(C)C)C1CC1. The Kier molecular flexibility index (Phi) is 4.20. The molecule has 1 rings (SSSR count). The van der Waals surface area contributed by atoms with Gasteiger partial charge in [0.2, 0.25) is 0 Å². The molecule has 0 radical (unpaired) electrons. The van der Waals surface area contributed by atoms with Gasteiger partial charge in [-0.2, -0.15) is 0 Å². The number of hydrogen-bond acceptors (Lipinski definition) is 2. The summed E-state index contributed by atoms with van der Waals surface area (Å²) in [6.45, 7) is 8.99. The molecule has 0 heterocycles. The van der Waals surface area contributed by atoms with Crippen LogP contribution in [0.15, 0.2) is 0 Å². The first kappa shape index (κ1) is 11.0. The van der Waals surface area contributed by atoms with E-state index in [0.29, 0.717) is 12.0 Å². The van der Waals surface area contributed by atoms with Crippen LogP contribution in [0, 0.1) is 5.92 Å². The van der Waals surface area contributed by atoms with Crippen molar-refractivity contribution < 1.29 is 0 Å². The Morgan fingerprint density at radius 2 is 2.00 bits per heavy atom. The van der Waals surface area contributed by atoms with Crippen LogP contribution in [0.4, 0.5) is 0 Å². The number of nitrogens with two attached hydrogens (primary N) is 1. The van der Waals surface area contributed by atoms with E-state index in [1.165, 1.54) is 25.8 Å². The fourth-order valence-electron chi connectivity index (χ4n) is 1.63. The predicted molar refractivity (Wildman–Crippen MR) is 57.7 cm³/mol. The van der Waals surface area contributed by atoms with Gasteiger partial charge >= 0.3 is 0 Å². The molecule has 1 unspecified atom stereocenters. The third-order valence-corrected chi connectivity index (χ3v) is 2.88. The van der Waals surface area contributed by atoms with Gasteiger partial charge in [0, 0.05) is 18.6 Å². The van der Waals surface area contributed by atoms with Crippen molar-refractivity contribution in [1.29, 1.82) is 0 Å². The Hall–Kier alpha value is -0.0800. The fraction of sp³-hybridized carbons (Fsp3) is 1.00. The molecule has 0 amide bonds. The second-order valence-corrected chi connectivity index (χ2v) is 4.63. The first-order valence-electron chi connectivity index (χ1n) is 5.64. The molecule has 0 saturated heterocycles. The zero-order chi connectivity index (χ0) is 9.84. The largest absolute Gasteiger partial charge is 0.326 e. The molecule has 1 atom stereocenters. The molecular formula is C11H24N2. The maximum Gasteiger partial charge on any atom is 0.0191 e. The molecule has 1 aliphatic carbocycles. The molecule has 1 fully saturated rings. The lowest BCUT2D eigenvalue weighted by molar-refractivity contribution is 0.229. The summed E-state index contributed by atoms with van der Waals surface area (Å²) < 4.78 is 0. The molecule has 13 heavy (non-hydrogen) atoms. The summed E-state index contributed by atoms with van der Waals surface area (Å²) in [5, 5.41) is 0. The molecule has 0 aromatic heterocycles. The lowest BCUT2D eigenvalue weighted by atomic mass is 10.1. The molecule has 2 N–H and O–H groups in total. The lowest BCUT2D eigenvalue weighted by Crippen LogP contribution is -2.42.